The average molecular weight is 590 g/mol. The summed E-state index contributed by atoms with van der Waals surface area (Å²) in [6.07, 6.45) is 6.55. The van der Waals surface area contributed by atoms with Crippen molar-refractivity contribution >= 4 is 11.9 Å². The number of hydrogen-bond acceptors (Lipinski definition) is 8. The molecule has 1 amide bonds. The Morgan fingerprint density at radius 1 is 1.12 bits per heavy atom. The predicted molar refractivity (Wildman–Crippen MR) is 160 cm³/mol. The normalized spacial score (nSPS) is 30.0. The van der Waals surface area contributed by atoms with Crippen molar-refractivity contribution in [1.29, 1.82) is 0 Å². The third-order valence-electron chi connectivity index (χ3n) is 9.02. The highest BCUT2D eigenvalue weighted by Gasteiger charge is 2.35. The van der Waals surface area contributed by atoms with Gasteiger partial charge in [-0.3, -0.25) is 4.79 Å². The molecule has 1 fully saturated rings. The van der Waals surface area contributed by atoms with Crippen molar-refractivity contribution in [2.24, 2.45) is 23.7 Å². The molecule has 1 aromatic carbocycles. The molecule has 9 nitrogen and oxygen atoms in total. The fourth-order valence-corrected chi connectivity index (χ4v) is 5.96. The number of nitrogens with one attached hydrogen (secondary N) is 1. The maximum atomic E-state index is 13.4. The molecule has 9 heteroatoms. The number of aromatic hydroxyl groups is 1. The van der Waals surface area contributed by atoms with Gasteiger partial charge in [-0.1, -0.05) is 53.2 Å². The summed E-state index contributed by atoms with van der Waals surface area (Å²) in [7, 11) is 1.47. The average Bonchev–Trinajstić information content (AvgIpc) is 2.95. The van der Waals surface area contributed by atoms with Gasteiger partial charge in [0.2, 0.25) is 5.91 Å². The van der Waals surface area contributed by atoms with E-state index in [9.17, 15) is 24.9 Å². The number of methoxy groups -OCH3 is 1. The number of phenolic OH excluding ortho intramolecular Hbond substituents is 1. The van der Waals surface area contributed by atoms with Crippen molar-refractivity contribution in [2.45, 2.75) is 117 Å². The fraction of sp³-hybridized carbons (Fsp3) is 0.697. The van der Waals surface area contributed by atoms with Gasteiger partial charge >= 0.3 is 5.97 Å². The molecule has 2 heterocycles. The molecule has 236 valence electrons. The molecule has 0 aromatic heterocycles. The first-order valence-electron chi connectivity index (χ1n) is 15.5. The van der Waals surface area contributed by atoms with E-state index in [1.54, 1.807) is 6.07 Å². The number of hydrogen-bond donors (Lipinski definition) is 4. The summed E-state index contributed by atoms with van der Waals surface area (Å²) in [5.74, 6) is -1.26. The molecule has 0 aliphatic carbocycles. The van der Waals surface area contributed by atoms with Crippen LogP contribution in [0.5, 0.6) is 11.5 Å². The van der Waals surface area contributed by atoms with Crippen molar-refractivity contribution in [2.75, 3.05) is 7.11 Å². The Balaban J connectivity index is 1.69. The second kappa shape index (κ2) is 15.7. The number of benzene rings is 1. The lowest BCUT2D eigenvalue weighted by atomic mass is 9.85. The molecule has 1 aromatic rings. The van der Waals surface area contributed by atoms with Gasteiger partial charge < -0.3 is 34.8 Å². The van der Waals surface area contributed by atoms with Gasteiger partial charge in [0.1, 0.15) is 29.4 Å². The Labute approximate surface area is 250 Å². The largest absolute Gasteiger partial charge is 0.507 e. The summed E-state index contributed by atoms with van der Waals surface area (Å²) < 4.78 is 17.4. The molecule has 4 N–H and O–H groups in total. The number of ether oxygens (including phenoxy) is 3. The number of esters is 1. The number of allylic oxidation sites excluding steroid dienone is 1. The van der Waals surface area contributed by atoms with E-state index in [0.29, 0.717) is 37.0 Å². The summed E-state index contributed by atoms with van der Waals surface area (Å²) >= 11 is 0. The SMILES string of the molecule is CCC[C@@H]1OC(CCC[C@@H](C)[C@@H](O)[C@H](C)[C@@H]2C/C=C\C[C@H](C)[C@H](O)Cc3cc(OC)cc(O)c3C(=O)O2)NC(=O)[C@@H]1C. The van der Waals surface area contributed by atoms with E-state index in [0.717, 1.165) is 19.3 Å². The summed E-state index contributed by atoms with van der Waals surface area (Å²) in [6, 6.07) is 3.01. The first kappa shape index (κ1) is 33.9. The summed E-state index contributed by atoms with van der Waals surface area (Å²) in [5.41, 5.74) is 0.463. The van der Waals surface area contributed by atoms with Gasteiger partial charge in [-0.2, -0.15) is 0 Å². The van der Waals surface area contributed by atoms with Crippen LogP contribution in [-0.2, 0) is 20.7 Å². The van der Waals surface area contributed by atoms with Gasteiger partial charge in [0.25, 0.3) is 0 Å². The highest BCUT2D eigenvalue weighted by Crippen LogP contribution is 2.33. The van der Waals surface area contributed by atoms with Crippen LogP contribution in [-0.4, -0.2) is 64.9 Å². The number of cyclic esters (lactones) is 1. The standard InChI is InChI=1S/C33H51NO8/c1-7-11-27-22(5)32(38)34-29(41-27)15-10-13-20(3)31(37)21(4)28-14-9-8-12-19(2)25(35)17-23-16-24(40-6)18-26(36)30(23)33(39)42-28/h8-9,16,18-22,25,27-29,31,35-37H,7,10-15,17H2,1-6H3,(H,34,38)/b9-8-/t19-,20+,21+,22+,25+,27-,28-,29?,31+/m0/s1. The number of carbonyl (C=O) groups is 2. The minimum Gasteiger partial charge on any atom is -0.507 e. The molecule has 9 atom stereocenters. The van der Waals surface area contributed by atoms with Crippen molar-refractivity contribution in [3.63, 3.8) is 0 Å². The molecule has 1 saturated heterocycles. The van der Waals surface area contributed by atoms with Crippen LogP contribution in [0.1, 0.15) is 95.5 Å². The highest BCUT2D eigenvalue weighted by atomic mass is 16.5. The fourth-order valence-electron chi connectivity index (χ4n) is 5.96. The first-order chi connectivity index (χ1) is 20.0. The lowest BCUT2D eigenvalue weighted by molar-refractivity contribution is -0.153. The maximum Gasteiger partial charge on any atom is 0.342 e. The molecule has 0 spiro atoms. The minimum absolute atomic E-state index is 0.0107. The number of amides is 1. The van der Waals surface area contributed by atoms with E-state index in [4.69, 9.17) is 14.2 Å². The van der Waals surface area contributed by atoms with Crippen LogP contribution in [0.15, 0.2) is 24.3 Å². The number of aliphatic hydroxyl groups excluding tert-OH is 2. The van der Waals surface area contributed by atoms with E-state index in [2.05, 4.69) is 12.2 Å². The van der Waals surface area contributed by atoms with Crippen LogP contribution in [0.2, 0.25) is 0 Å². The zero-order valence-corrected chi connectivity index (χ0v) is 26.0. The quantitative estimate of drug-likeness (QED) is 0.224. The van der Waals surface area contributed by atoms with Gasteiger partial charge in [-0.25, -0.2) is 4.79 Å². The molecule has 0 bridgehead atoms. The second-order valence-electron chi connectivity index (χ2n) is 12.3. The third-order valence-corrected chi connectivity index (χ3v) is 9.02. The van der Waals surface area contributed by atoms with Crippen LogP contribution in [0.25, 0.3) is 0 Å². The molecular formula is C33H51NO8. The topological polar surface area (TPSA) is 135 Å². The van der Waals surface area contributed by atoms with Gasteiger partial charge in [-0.15, -0.1) is 0 Å². The van der Waals surface area contributed by atoms with E-state index in [-0.39, 0.29) is 59.6 Å². The molecule has 3 rings (SSSR count). The number of carbonyl (C=O) groups excluding carboxylic acids is 2. The molecule has 2 aliphatic rings. The summed E-state index contributed by atoms with van der Waals surface area (Å²) in [5, 5.41) is 35.8. The maximum absolute atomic E-state index is 13.4. The van der Waals surface area contributed by atoms with E-state index in [1.807, 2.05) is 39.8 Å². The Hall–Kier alpha value is -2.62. The highest BCUT2D eigenvalue weighted by molar-refractivity contribution is 5.94. The number of aliphatic hydroxyl groups is 2. The Morgan fingerprint density at radius 3 is 2.52 bits per heavy atom. The second-order valence-corrected chi connectivity index (χ2v) is 12.3. The molecule has 42 heavy (non-hydrogen) atoms. The lowest BCUT2D eigenvalue weighted by Gasteiger charge is -2.35. The smallest absolute Gasteiger partial charge is 0.342 e. The van der Waals surface area contributed by atoms with Crippen LogP contribution < -0.4 is 10.1 Å². The zero-order chi connectivity index (χ0) is 31.0. The van der Waals surface area contributed by atoms with Crippen LogP contribution in [0.4, 0.5) is 0 Å². The molecule has 0 saturated carbocycles. The Kier molecular flexibility index (Phi) is 12.7. The van der Waals surface area contributed by atoms with E-state index < -0.39 is 24.3 Å². The van der Waals surface area contributed by atoms with Crippen LogP contribution in [0.3, 0.4) is 0 Å². The van der Waals surface area contributed by atoms with Gasteiger partial charge in [0, 0.05) is 18.4 Å². The van der Waals surface area contributed by atoms with Crippen molar-refractivity contribution < 1.29 is 39.1 Å². The van der Waals surface area contributed by atoms with Gasteiger partial charge in [0.05, 0.1) is 31.3 Å². The number of fused-ring (bicyclic) bond motifs is 1. The summed E-state index contributed by atoms with van der Waals surface area (Å²) in [4.78, 5) is 25.8. The molecule has 2 aliphatic heterocycles. The summed E-state index contributed by atoms with van der Waals surface area (Å²) in [6.45, 7) is 9.78. The van der Waals surface area contributed by atoms with Gasteiger partial charge in [-0.05, 0) is 62.0 Å². The molecule has 0 radical (unpaired) electrons. The zero-order valence-electron chi connectivity index (χ0n) is 26.0. The van der Waals surface area contributed by atoms with E-state index >= 15 is 0 Å². The minimum atomic E-state index is -0.747. The number of rotatable bonds is 10. The molecular weight excluding hydrogens is 538 g/mol. The van der Waals surface area contributed by atoms with Gasteiger partial charge in [0.15, 0.2) is 0 Å². The monoisotopic (exact) mass is 589 g/mol. The molecule has 1 unspecified atom stereocenters. The third kappa shape index (κ3) is 8.71. The predicted octanol–water partition coefficient (Wildman–Crippen LogP) is 4.90. The Morgan fingerprint density at radius 2 is 1.83 bits per heavy atom. The van der Waals surface area contributed by atoms with Crippen LogP contribution >= 0.6 is 0 Å². The van der Waals surface area contributed by atoms with Crippen molar-refractivity contribution in [3.05, 3.63) is 35.4 Å². The van der Waals surface area contributed by atoms with Crippen molar-refractivity contribution in [3.8, 4) is 11.5 Å². The van der Waals surface area contributed by atoms with Crippen LogP contribution in [0, 0.1) is 23.7 Å². The van der Waals surface area contributed by atoms with Crippen molar-refractivity contribution in [1.82, 2.24) is 5.32 Å². The first-order valence-corrected chi connectivity index (χ1v) is 15.5. The Bertz CT molecular complexity index is 1070. The number of phenols is 1. The lowest BCUT2D eigenvalue weighted by Crippen LogP contribution is -2.51. The van der Waals surface area contributed by atoms with E-state index in [1.165, 1.54) is 13.2 Å².